The highest BCUT2D eigenvalue weighted by atomic mass is 19.4. The van der Waals surface area contributed by atoms with Crippen LogP contribution in [0.3, 0.4) is 0 Å². The van der Waals surface area contributed by atoms with Gasteiger partial charge in [0.2, 0.25) is 11.9 Å². The van der Waals surface area contributed by atoms with Crippen molar-refractivity contribution < 1.29 is 26.7 Å². The van der Waals surface area contributed by atoms with E-state index in [1.807, 2.05) is 0 Å². The van der Waals surface area contributed by atoms with Crippen LogP contribution in [0.15, 0.2) is 24.3 Å². The molecule has 2 N–H and O–H groups in total. The van der Waals surface area contributed by atoms with Crippen LogP contribution < -0.4 is 15.4 Å². The Balaban J connectivity index is 1.82. The molecule has 0 amide bonds. The second kappa shape index (κ2) is 7.72. The molecule has 1 aliphatic rings. The van der Waals surface area contributed by atoms with Crippen molar-refractivity contribution in [2.75, 3.05) is 17.2 Å². The fourth-order valence-electron chi connectivity index (χ4n) is 2.42. The minimum atomic E-state index is -4.55. The quantitative estimate of drug-likeness (QED) is 0.657. The molecule has 1 heterocycles. The molecule has 0 unspecified atom stereocenters. The standard InChI is InChI=1S/C17H18F5N5O/c1-16(18,19)10-4-2-7-12(8-10)24-14-25-13(23-11-5-3-6-11)26-15(27-14)28-9-17(20,21)22/h2,4,7-8,11H,3,5-6,9H2,1H3,(H2,23,24,25,26,27). The van der Waals surface area contributed by atoms with Gasteiger partial charge in [0.05, 0.1) is 0 Å². The van der Waals surface area contributed by atoms with Gasteiger partial charge < -0.3 is 15.4 Å². The van der Waals surface area contributed by atoms with Crippen molar-refractivity contribution in [3.05, 3.63) is 29.8 Å². The summed E-state index contributed by atoms with van der Waals surface area (Å²) in [6, 6.07) is 5.00. The Labute approximate surface area is 157 Å². The van der Waals surface area contributed by atoms with E-state index in [4.69, 9.17) is 0 Å². The zero-order chi connectivity index (χ0) is 20.4. The zero-order valence-electron chi connectivity index (χ0n) is 14.9. The van der Waals surface area contributed by atoms with Gasteiger partial charge in [-0.3, -0.25) is 0 Å². The molecule has 1 aliphatic carbocycles. The molecule has 0 atom stereocenters. The van der Waals surface area contributed by atoms with Crippen LogP contribution in [0.2, 0.25) is 0 Å². The molecule has 152 valence electrons. The van der Waals surface area contributed by atoms with Crippen LogP contribution in [0.25, 0.3) is 0 Å². The van der Waals surface area contributed by atoms with E-state index in [-0.39, 0.29) is 29.2 Å². The van der Waals surface area contributed by atoms with E-state index >= 15 is 0 Å². The Morgan fingerprint density at radius 3 is 2.39 bits per heavy atom. The summed E-state index contributed by atoms with van der Waals surface area (Å²) in [6.07, 6.45) is -1.74. The third-order valence-corrected chi connectivity index (χ3v) is 4.04. The third-order valence-electron chi connectivity index (χ3n) is 4.04. The lowest BCUT2D eigenvalue weighted by Crippen LogP contribution is -2.28. The van der Waals surface area contributed by atoms with Gasteiger partial charge in [0.1, 0.15) is 0 Å². The highest BCUT2D eigenvalue weighted by Crippen LogP contribution is 2.30. The molecule has 0 saturated heterocycles. The Kier molecular flexibility index (Phi) is 5.52. The first-order valence-electron chi connectivity index (χ1n) is 8.56. The van der Waals surface area contributed by atoms with Crippen LogP contribution in [0, 0.1) is 0 Å². The molecule has 0 radical (unpaired) electrons. The summed E-state index contributed by atoms with van der Waals surface area (Å²) < 4.78 is 68.9. The first-order chi connectivity index (χ1) is 13.1. The number of rotatable bonds is 7. The molecule has 11 heteroatoms. The van der Waals surface area contributed by atoms with Crippen LogP contribution in [0.5, 0.6) is 6.01 Å². The van der Waals surface area contributed by atoms with E-state index in [2.05, 4.69) is 30.3 Å². The molecule has 6 nitrogen and oxygen atoms in total. The van der Waals surface area contributed by atoms with Gasteiger partial charge >= 0.3 is 12.2 Å². The summed E-state index contributed by atoms with van der Waals surface area (Å²) in [5.74, 6) is -3.11. The second-order valence-corrected chi connectivity index (χ2v) is 6.54. The highest BCUT2D eigenvalue weighted by molar-refractivity contribution is 5.56. The number of ether oxygens (including phenoxy) is 1. The second-order valence-electron chi connectivity index (χ2n) is 6.54. The summed E-state index contributed by atoms with van der Waals surface area (Å²) in [5, 5.41) is 5.70. The van der Waals surface area contributed by atoms with Gasteiger partial charge in [-0.25, -0.2) is 8.78 Å². The summed E-state index contributed by atoms with van der Waals surface area (Å²) >= 11 is 0. The SMILES string of the molecule is CC(F)(F)c1cccc(Nc2nc(NC3CCC3)nc(OCC(F)(F)F)n2)c1. The number of nitrogens with one attached hydrogen (secondary N) is 2. The molecule has 0 aliphatic heterocycles. The van der Waals surface area contributed by atoms with E-state index in [0.717, 1.165) is 26.2 Å². The smallest absolute Gasteiger partial charge is 0.422 e. The van der Waals surface area contributed by atoms with E-state index in [1.54, 1.807) is 0 Å². The van der Waals surface area contributed by atoms with Crippen molar-refractivity contribution in [3.8, 4) is 6.01 Å². The predicted molar refractivity (Wildman–Crippen MR) is 91.9 cm³/mol. The molecule has 1 saturated carbocycles. The van der Waals surface area contributed by atoms with Gasteiger partial charge in [-0.2, -0.15) is 28.1 Å². The molecule has 28 heavy (non-hydrogen) atoms. The van der Waals surface area contributed by atoms with E-state index < -0.39 is 24.7 Å². The predicted octanol–water partition coefficient (Wildman–Crippen LogP) is 4.63. The molecule has 1 fully saturated rings. The lowest BCUT2D eigenvalue weighted by molar-refractivity contribution is -0.154. The van der Waals surface area contributed by atoms with Crippen molar-refractivity contribution >= 4 is 17.6 Å². The van der Waals surface area contributed by atoms with Crippen molar-refractivity contribution in [1.82, 2.24) is 15.0 Å². The Bertz CT molecular complexity index is 820. The van der Waals surface area contributed by atoms with Crippen LogP contribution in [0.1, 0.15) is 31.7 Å². The normalized spacial score (nSPS) is 15.1. The van der Waals surface area contributed by atoms with Gasteiger partial charge in [0.25, 0.3) is 5.92 Å². The van der Waals surface area contributed by atoms with Crippen molar-refractivity contribution in [3.63, 3.8) is 0 Å². The Morgan fingerprint density at radius 1 is 1.07 bits per heavy atom. The first-order valence-corrected chi connectivity index (χ1v) is 8.56. The minimum absolute atomic E-state index is 0.0522. The number of benzene rings is 1. The number of halogens is 5. The van der Waals surface area contributed by atoms with E-state index in [9.17, 15) is 22.0 Å². The summed E-state index contributed by atoms with van der Waals surface area (Å²) in [5.41, 5.74) is 0.0227. The first kappa shape index (κ1) is 20.0. The topological polar surface area (TPSA) is 72.0 Å². The summed E-state index contributed by atoms with van der Waals surface area (Å²) in [7, 11) is 0. The maximum absolute atomic E-state index is 13.5. The molecule has 0 bridgehead atoms. The molecule has 3 rings (SSSR count). The lowest BCUT2D eigenvalue weighted by atomic mass is 9.93. The van der Waals surface area contributed by atoms with E-state index in [1.165, 1.54) is 24.3 Å². The Morgan fingerprint density at radius 2 is 1.79 bits per heavy atom. The van der Waals surface area contributed by atoms with Crippen LogP contribution in [0.4, 0.5) is 39.5 Å². The van der Waals surface area contributed by atoms with Crippen LogP contribution >= 0.6 is 0 Å². The number of alkyl halides is 5. The molecule has 1 aromatic carbocycles. The maximum Gasteiger partial charge on any atom is 0.422 e. The number of hydrogen-bond donors (Lipinski definition) is 2. The summed E-state index contributed by atoms with van der Waals surface area (Å²) in [4.78, 5) is 11.7. The lowest BCUT2D eigenvalue weighted by Gasteiger charge is -2.26. The third kappa shape index (κ3) is 5.64. The molecule has 2 aromatic rings. The van der Waals surface area contributed by atoms with Gasteiger partial charge in [-0.1, -0.05) is 12.1 Å². The van der Waals surface area contributed by atoms with Crippen molar-refractivity contribution in [2.24, 2.45) is 0 Å². The summed E-state index contributed by atoms with van der Waals surface area (Å²) in [6.45, 7) is -0.796. The van der Waals surface area contributed by atoms with Gasteiger partial charge in [-0.05, 0) is 31.4 Å². The highest BCUT2D eigenvalue weighted by Gasteiger charge is 2.29. The largest absolute Gasteiger partial charge is 0.454 e. The van der Waals surface area contributed by atoms with Crippen LogP contribution in [-0.4, -0.2) is 33.8 Å². The molecule has 0 spiro atoms. The van der Waals surface area contributed by atoms with Gasteiger partial charge in [0.15, 0.2) is 6.61 Å². The Hall–Kier alpha value is -2.72. The van der Waals surface area contributed by atoms with Gasteiger partial charge in [0, 0.05) is 24.2 Å². The number of hydrogen-bond acceptors (Lipinski definition) is 6. The van der Waals surface area contributed by atoms with Crippen molar-refractivity contribution in [1.29, 1.82) is 0 Å². The maximum atomic E-state index is 13.5. The molecular formula is C17H18F5N5O. The molecule has 1 aromatic heterocycles. The van der Waals surface area contributed by atoms with Crippen molar-refractivity contribution in [2.45, 2.75) is 44.3 Å². The van der Waals surface area contributed by atoms with E-state index in [0.29, 0.717) is 0 Å². The molecular weight excluding hydrogens is 385 g/mol. The zero-order valence-corrected chi connectivity index (χ0v) is 14.9. The number of nitrogens with zero attached hydrogens (tertiary/aromatic N) is 3. The average Bonchev–Trinajstić information content (AvgIpc) is 2.55. The fourth-order valence-corrected chi connectivity index (χ4v) is 2.42. The number of anilines is 3. The van der Waals surface area contributed by atoms with Crippen LogP contribution in [-0.2, 0) is 5.92 Å². The van der Waals surface area contributed by atoms with Gasteiger partial charge in [-0.15, -0.1) is 0 Å². The minimum Gasteiger partial charge on any atom is -0.454 e. The average molecular weight is 403 g/mol. The fraction of sp³-hybridized carbons (Fsp3) is 0.471. The number of aromatic nitrogens is 3. The monoisotopic (exact) mass is 403 g/mol.